The van der Waals surface area contributed by atoms with Gasteiger partial charge in [-0.3, -0.25) is 0 Å². The summed E-state index contributed by atoms with van der Waals surface area (Å²) in [4.78, 5) is 2.50. The highest BCUT2D eigenvalue weighted by molar-refractivity contribution is 6.10. The summed E-state index contributed by atoms with van der Waals surface area (Å²) in [7, 11) is 0. The van der Waals surface area contributed by atoms with Gasteiger partial charge < -0.3 is 9.47 Å². The second kappa shape index (κ2) is 17.7. The summed E-state index contributed by atoms with van der Waals surface area (Å²) < 4.78 is 2.40. The minimum atomic E-state index is -0.474. The Hall–Kier alpha value is -9.76. The number of benzene rings is 12. The van der Waals surface area contributed by atoms with Crippen molar-refractivity contribution in [2.75, 3.05) is 4.90 Å². The minimum Gasteiger partial charge on any atom is -0.310 e. The highest BCUT2D eigenvalue weighted by Gasteiger charge is 2.51. The van der Waals surface area contributed by atoms with Crippen LogP contribution in [0.1, 0.15) is 33.4 Å². The number of aryl methyl sites for hydroxylation is 2. The fourth-order valence-corrected chi connectivity index (χ4v) is 13.0. The highest BCUT2D eigenvalue weighted by Crippen LogP contribution is 2.63. The Balaban J connectivity index is 0.842. The lowest BCUT2D eigenvalue weighted by Gasteiger charge is -2.33. The van der Waals surface area contributed by atoms with Crippen LogP contribution in [0.2, 0.25) is 0 Å². The maximum Gasteiger partial charge on any atom is 0.0726 e. The van der Waals surface area contributed by atoms with Crippen molar-refractivity contribution in [3.63, 3.8) is 0 Å². The van der Waals surface area contributed by atoms with Crippen molar-refractivity contribution in [3.05, 3.63) is 312 Å². The molecule has 77 heavy (non-hydrogen) atoms. The number of nitrogens with zero attached hydrogens (tertiary/aromatic N) is 2. The Morgan fingerprint density at radius 1 is 0.286 bits per heavy atom. The number of hydrogen-bond acceptors (Lipinski definition) is 1. The molecule has 0 fully saturated rings. The van der Waals surface area contributed by atoms with Crippen LogP contribution in [0.3, 0.4) is 0 Å². The van der Waals surface area contributed by atoms with E-state index in [9.17, 15) is 0 Å². The van der Waals surface area contributed by atoms with Crippen molar-refractivity contribution in [3.8, 4) is 72.4 Å². The summed E-state index contributed by atoms with van der Waals surface area (Å²) in [6.07, 6.45) is 0. The fraction of sp³-hybridized carbons (Fsp3) is 0.0400. The first-order valence-electron chi connectivity index (χ1n) is 26.8. The first-order valence-corrected chi connectivity index (χ1v) is 26.8. The predicted octanol–water partition coefficient (Wildman–Crippen LogP) is 19.9. The Morgan fingerprint density at radius 3 is 1.22 bits per heavy atom. The maximum absolute atomic E-state index is 2.50. The quantitative estimate of drug-likeness (QED) is 0.147. The molecule has 1 heterocycles. The van der Waals surface area contributed by atoms with E-state index in [-0.39, 0.29) is 0 Å². The number of aromatic nitrogens is 1. The van der Waals surface area contributed by atoms with E-state index in [0.29, 0.717) is 0 Å². The molecule has 1 spiro atoms. The van der Waals surface area contributed by atoms with E-state index in [0.717, 1.165) is 39.4 Å². The molecule has 1 aromatic heterocycles. The summed E-state index contributed by atoms with van der Waals surface area (Å²) in [5, 5.41) is 2.59. The number of fused-ring (bicyclic) bond motifs is 13. The molecule has 2 aliphatic rings. The summed E-state index contributed by atoms with van der Waals surface area (Å²) in [6.45, 7) is 4.35. The van der Waals surface area contributed by atoms with Gasteiger partial charge in [0.05, 0.1) is 22.1 Å². The summed E-state index contributed by atoms with van der Waals surface area (Å²) in [5.74, 6) is 0. The van der Waals surface area contributed by atoms with Crippen LogP contribution >= 0.6 is 0 Å². The van der Waals surface area contributed by atoms with Crippen LogP contribution in [-0.2, 0) is 5.41 Å². The smallest absolute Gasteiger partial charge is 0.0726 e. The molecule has 0 bridgehead atoms. The SMILES string of the molecule is Cc1ccc2c(c1)c1cc(C)ccc1n2-c1ccc(-c2ccc(-c3ccc(N(c4ccc5c(c4)C4(c6ccccc6-c6ccccc64)c4ccccc4-5)c4cc(-c5ccccc5)ccc4-c4ccccc4)cc3)cc2)cc1. The zero-order chi connectivity index (χ0) is 51.2. The molecule has 0 saturated heterocycles. The lowest BCUT2D eigenvalue weighted by molar-refractivity contribution is 0.793. The van der Waals surface area contributed by atoms with Gasteiger partial charge in [-0.1, -0.05) is 223 Å². The summed E-state index contributed by atoms with van der Waals surface area (Å²) in [6, 6.07) is 104. The molecular weight excluding hydrogens is 929 g/mol. The molecule has 0 atom stereocenters. The molecule has 0 saturated carbocycles. The van der Waals surface area contributed by atoms with Gasteiger partial charge in [-0.2, -0.15) is 0 Å². The fourth-order valence-electron chi connectivity index (χ4n) is 13.0. The van der Waals surface area contributed by atoms with Gasteiger partial charge >= 0.3 is 0 Å². The molecule has 2 aliphatic carbocycles. The van der Waals surface area contributed by atoms with E-state index in [1.807, 2.05) is 0 Å². The van der Waals surface area contributed by atoms with Gasteiger partial charge in [0.1, 0.15) is 0 Å². The van der Waals surface area contributed by atoms with E-state index in [1.165, 1.54) is 105 Å². The van der Waals surface area contributed by atoms with Gasteiger partial charge in [0.25, 0.3) is 0 Å². The molecule has 2 nitrogen and oxygen atoms in total. The van der Waals surface area contributed by atoms with E-state index in [4.69, 9.17) is 0 Å². The molecule has 13 aromatic rings. The molecule has 0 aliphatic heterocycles. The van der Waals surface area contributed by atoms with Crippen molar-refractivity contribution >= 4 is 38.9 Å². The third kappa shape index (κ3) is 7.03. The van der Waals surface area contributed by atoms with Crippen LogP contribution in [0.5, 0.6) is 0 Å². The average molecular weight is 981 g/mol. The standard InChI is InChI=1S/C75H52N2/c1-49-25-43-72-66(45-49)67-46-50(2)26-44-73(67)77(72)59-38-33-55(34-39-59)53-29-27-52(28-30-53)54-31-36-58(37-32-54)76(74-47-57(51-15-5-3-6-16-51)35-41-61(74)56-17-7-4-8-18-56)60-40-42-65-64-21-11-14-24-70(64)75(71(65)48-60)68-22-12-9-19-62(68)63-20-10-13-23-69(63)75/h3-48H,1-2H3. The first-order chi connectivity index (χ1) is 38.0. The largest absolute Gasteiger partial charge is 0.310 e. The van der Waals surface area contributed by atoms with Gasteiger partial charge in [-0.05, 0) is 164 Å². The maximum atomic E-state index is 2.50. The number of hydrogen-bond donors (Lipinski definition) is 0. The van der Waals surface area contributed by atoms with E-state index in [1.54, 1.807) is 0 Å². The average Bonchev–Trinajstić information content (AvgIpc) is 4.20. The molecule has 2 heteroatoms. The van der Waals surface area contributed by atoms with Crippen LogP contribution < -0.4 is 4.90 Å². The van der Waals surface area contributed by atoms with Gasteiger partial charge in [0.2, 0.25) is 0 Å². The van der Waals surface area contributed by atoms with Crippen molar-refractivity contribution < 1.29 is 0 Å². The zero-order valence-electron chi connectivity index (χ0n) is 43.0. The molecule has 0 unspecified atom stereocenters. The molecule has 12 aromatic carbocycles. The highest BCUT2D eigenvalue weighted by atomic mass is 15.1. The topological polar surface area (TPSA) is 8.17 Å². The van der Waals surface area contributed by atoms with Crippen LogP contribution in [0.25, 0.3) is 94.3 Å². The Labute approximate surface area is 450 Å². The number of anilines is 3. The van der Waals surface area contributed by atoms with Crippen LogP contribution in [0.4, 0.5) is 17.1 Å². The van der Waals surface area contributed by atoms with E-state index in [2.05, 4.69) is 302 Å². The monoisotopic (exact) mass is 980 g/mol. The van der Waals surface area contributed by atoms with Gasteiger partial charge in [0.15, 0.2) is 0 Å². The zero-order valence-corrected chi connectivity index (χ0v) is 43.0. The van der Waals surface area contributed by atoms with Crippen molar-refractivity contribution in [1.82, 2.24) is 4.57 Å². The van der Waals surface area contributed by atoms with Crippen LogP contribution in [0, 0.1) is 13.8 Å². The molecule has 15 rings (SSSR count). The third-order valence-corrected chi connectivity index (χ3v) is 16.5. The van der Waals surface area contributed by atoms with Gasteiger partial charge in [-0.25, -0.2) is 0 Å². The van der Waals surface area contributed by atoms with E-state index >= 15 is 0 Å². The lowest BCUT2D eigenvalue weighted by Crippen LogP contribution is -2.26. The Morgan fingerprint density at radius 2 is 0.688 bits per heavy atom. The molecule has 362 valence electrons. The van der Waals surface area contributed by atoms with Gasteiger partial charge in [0, 0.05) is 33.4 Å². The third-order valence-electron chi connectivity index (χ3n) is 16.5. The molecular formula is C75H52N2. The van der Waals surface area contributed by atoms with Crippen LogP contribution in [-0.4, -0.2) is 4.57 Å². The Kier molecular flexibility index (Phi) is 10.3. The minimum absolute atomic E-state index is 0.474. The summed E-state index contributed by atoms with van der Waals surface area (Å²) in [5.41, 5.74) is 28.9. The second-order valence-electron chi connectivity index (χ2n) is 21.0. The predicted molar refractivity (Wildman–Crippen MR) is 323 cm³/mol. The molecule has 0 amide bonds. The lowest BCUT2D eigenvalue weighted by atomic mass is 9.70. The molecule has 0 N–H and O–H groups in total. The normalized spacial score (nSPS) is 12.6. The van der Waals surface area contributed by atoms with Gasteiger partial charge in [-0.15, -0.1) is 0 Å². The first kappa shape index (κ1) is 44.7. The molecule has 0 radical (unpaired) electrons. The second-order valence-corrected chi connectivity index (χ2v) is 21.0. The van der Waals surface area contributed by atoms with E-state index < -0.39 is 5.41 Å². The van der Waals surface area contributed by atoms with Crippen molar-refractivity contribution in [1.29, 1.82) is 0 Å². The Bertz CT molecular complexity index is 4310. The van der Waals surface area contributed by atoms with Crippen LogP contribution in [0.15, 0.2) is 279 Å². The number of rotatable bonds is 8. The van der Waals surface area contributed by atoms with Crippen molar-refractivity contribution in [2.24, 2.45) is 0 Å². The summed E-state index contributed by atoms with van der Waals surface area (Å²) >= 11 is 0. The van der Waals surface area contributed by atoms with Crippen molar-refractivity contribution in [2.45, 2.75) is 19.3 Å².